The number of sulfonamides is 1. The van der Waals surface area contributed by atoms with Crippen LogP contribution in [0, 0.1) is 0 Å². The first-order valence-corrected chi connectivity index (χ1v) is 8.66. The van der Waals surface area contributed by atoms with Crippen LogP contribution in [0.3, 0.4) is 0 Å². The van der Waals surface area contributed by atoms with Crippen LogP contribution < -0.4 is 4.31 Å². The number of fused-ring (bicyclic) bond motifs is 1. The van der Waals surface area contributed by atoms with Gasteiger partial charge < -0.3 is 0 Å². The van der Waals surface area contributed by atoms with Gasteiger partial charge in [-0.1, -0.05) is 30.3 Å². The van der Waals surface area contributed by atoms with E-state index < -0.39 is 10.0 Å². The molecular weight excluding hydrogens is 298 g/mol. The maximum atomic E-state index is 12.9. The normalized spacial score (nSPS) is 14.5. The van der Waals surface area contributed by atoms with Crippen molar-refractivity contribution >= 4 is 21.5 Å². The lowest BCUT2D eigenvalue weighted by atomic mass is 10.00. The van der Waals surface area contributed by atoms with E-state index in [2.05, 4.69) is 0 Å². The highest BCUT2D eigenvalue weighted by Crippen LogP contribution is 2.32. The highest BCUT2D eigenvalue weighted by molar-refractivity contribution is 7.92. The van der Waals surface area contributed by atoms with E-state index in [0.29, 0.717) is 17.8 Å². The summed E-state index contributed by atoms with van der Waals surface area (Å²) in [6.45, 7) is 1.92. The van der Waals surface area contributed by atoms with Crippen molar-refractivity contribution in [3.8, 4) is 0 Å². The number of carbonyl (C=O) groups excluding carboxylic acids is 1. The molecule has 22 heavy (non-hydrogen) atoms. The summed E-state index contributed by atoms with van der Waals surface area (Å²) < 4.78 is 27.2. The first-order chi connectivity index (χ1) is 10.5. The number of rotatable bonds is 3. The Hall–Kier alpha value is -2.14. The van der Waals surface area contributed by atoms with Gasteiger partial charge >= 0.3 is 0 Å². The van der Waals surface area contributed by atoms with Crippen LogP contribution in [0.1, 0.15) is 29.3 Å². The van der Waals surface area contributed by atoms with E-state index in [0.717, 1.165) is 18.4 Å². The molecule has 1 aliphatic heterocycles. The van der Waals surface area contributed by atoms with Crippen molar-refractivity contribution < 1.29 is 13.2 Å². The van der Waals surface area contributed by atoms with Crippen molar-refractivity contribution in [2.45, 2.75) is 24.7 Å². The molecule has 5 heteroatoms. The third kappa shape index (κ3) is 2.52. The van der Waals surface area contributed by atoms with Gasteiger partial charge in [0.2, 0.25) is 0 Å². The van der Waals surface area contributed by atoms with Crippen molar-refractivity contribution in [3.63, 3.8) is 0 Å². The monoisotopic (exact) mass is 315 g/mol. The molecule has 0 aromatic heterocycles. The second kappa shape index (κ2) is 5.57. The summed E-state index contributed by atoms with van der Waals surface area (Å²) in [7, 11) is -3.60. The van der Waals surface area contributed by atoms with E-state index in [1.165, 1.54) is 11.2 Å². The predicted octanol–water partition coefficient (Wildman–Crippen LogP) is 3.03. The van der Waals surface area contributed by atoms with Crippen LogP contribution >= 0.6 is 0 Å². The number of aryl methyl sites for hydroxylation is 1. The van der Waals surface area contributed by atoms with E-state index in [-0.39, 0.29) is 10.7 Å². The summed E-state index contributed by atoms with van der Waals surface area (Å²) in [5.41, 5.74) is 2.13. The molecule has 0 amide bonds. The van der Waals surface area contributed by atoms with Crippen LogP contribution in [0.15, 0.2) is 53.4 Å². The van der Waals surface area contributed by atoms with Gasteiger partial charge in [-0.15, -0.1) is 0 Å². The number of carbonyl (C=O) groups is 1. The Bertz CT molecular complexity index is 813. The molecule has 114 valence electrons. The van der Waals surface area contributed by atoms with Gasteiger partial charge in [0.25, 0.3) is 10.0 Å². The Kier molecular flexibility index (Phi) is 3.74. The lowest BCUT2D eigenvalue weighted by Crippen LogP contribution is -2.35. The third-order valence-electron chi connectivity index (χ3n) is 3.90. The zero-order chi connectivity index (χ0) is 15.7. The van der Waals surface area contributed by atoms with Crippen LogP contribution in [0.4, 0.5) is 5.69 Å². The maximum absolute atomic E-state index is 12.9. The zero-order valence-electron chi connectivity index (χ0n) is 12.3. The molecule has 0 aliphatic carbocycles. The van der Waals surface area contributed by atoms with Crippen LogP contribution in [0.2, 0.25) is 0 Å². The van der Waals surface area contributed by atoms with Crippen molar-refractivity contribution in [2.24, 2.45) is 0 Å². The fourth-order valence-electron chi connectivity index (χ4n) is 2.73. The summed E-state index contributed by atoms with van der Waals surface area (Å²) in [5, 5.41) is 0. The van der Waals surface area contributed by atoms with E-state index in [1.807, 2.05) is 6.07 Å². The van der Waals surface area contributed by atoms with Gasteiger partial charge in [-0.2, -0.15) is 0 Å². The Morgan fingerprint density at radius 2 is 1.82 bits per heavy atom. The Morgan fingerprint density at radius 3 is 2.50 bits per heavy atom. The first-order valence-electron chi connectivity index (χ1n) is 7.22. The highest BCUT2D eigenvalue weighted by Gasteiger charge is 2.29. The number of anilines is 1. The molecule has 0 N–H and O–H groups in total. The average molecular weight is 315 g/mol. The quantitative estimate of drug-likeness (QED) is 0.818. The van der Waals surface area contributed by atoms with Gasteiger partial charge in [0.05, 0.1) is 10.6 Å². The van der Waals surface area contributed by atoms with Gasteiger partial charge in [-0.05, 0) is 43.5 Å². The van der Waals surface area contributed by atoms with E-state index in [1.54, 1.807) is 42.5 Å². The molecule has 1 aliphatic rings. The third-order valence-corrected chi connectivity index (χ3v) is 5.73. The second-order valence-corrected chi connectivity index (χ2v) is 7.26. The topological polar surface area (TPSA) is 54.5 Å². The lowest BCUT2D eigenvalue weighted by molar-refractivity contribution is 0.101. The summed E-state index contributed by atoms with van der Waals surface area (Å²) in [6.07, 6.45) is 1.60. The van der Waals surface area contributed by atoms with Crippen molar-refractivity contribution in [3.05, 3.63) is 59.7 Å². The summed E-state index contributed by atoms with van der Waals surface area (Å²) in [6, 6.07) is 13.7. The van der Waals surface area contributed by atoms with E-state index >= 15 is 0 Å². The van der Waals surface area contributed by atoms with Crippen molar-refractivity contribution in [2.75, 3.05) is 10.8 Å². The standard InChI is InChI=1S/C17H17NO3S/c1-13(19)15-10-9-14-6-5-11-18(17(14)12-15)22(20,21)16-7-3-2-4-8-16/h2-4,7-10,12H,5-6,11H2,1H3. The van der Waals surface area contributed by atoms with Crippen LogP contribution in [0.25, 0.3) is 0 Å². The van der Waals surface area contributed by atoms with E-state index in [9.17, 15) is 13.2 Å². The van der Waals surface area contributed by atoms with Crippen molar-refractivity contribution in [1.82, 2.24) is 0 Å². The second-order valence-electron chi connectivity index (χ2n) is 5.39. The molecule has 0 saturated heterocycles. The first kappa shape index (κ1) is 14.8. The molecule has 4 nitrogen and oxygen atoms in total. The summed E-state index contributed by atoms with van der Waals surface area (Å²) in [5.74, 6) is -0.0644. The van der Waals surface area contributed by atoms with Crippen LogP contribution in [-0.4, -0.2) is 20.7 Å². The molecule has 0 fully saturated rings. The molecule has 0 unspecified atom stereocenters. The fraction of sp³-hybridized carbons (Fsp3) is 0.235. The molecule has 2 aromatic carbocycles. The molecule has 1 heterocycles. The number of ketones is 1. The predicted molar refractivity (Wildman–Crippen MR) is 85.7 cm³/mol. The minimum atomic E-state index is -3.60. The Labute approximate surface area is 130 Å². The molecule has 0 radical (unpaired) electrons. The fourth-order valence-corrected chi connectivity index (χ4v) is 4.28. The number of benzene rings is 2. The molecule has 0 bridgehead atoms. The minimum Gasteiger partial charge on any atom is -0.295 e. The molecule has 0 saturated carbocycles. The molecule has 2 aromatic rings. The van der Waals surface area contributed by atoms with Gasteiger partial charge in [0.1, 0.15) is 0 Å². The largest absolute Gasteiger partial charge is 0.295 e. The molecule has 0 spiro atoms. The molecule has 0 atom stereocenters. The number of hydrogen-bond donors (Lipinski definition) is 0. The molecular formula is C17H17NO3S. The van der Waals surface area contributed by atoms with E-state index in [4.69, 9.17) is 0 Å². The Morgan fingerprint density at radius 1 is 1.09 bits per heavy atom. The molecule has 3 rings (SSSR count). The number of hydrogen-bond acceptors (Lipinski definition) is 3. The van der Waals surface area contributed by atoms with Gasteiger partial charge in [0, 0.05) is 12.1 Å². The van der Waals surface area contributed by atoms with Gasteiger partial charge in [-0.25, -0.2) is 8.42 Å². The van der Waals surface area contributed by atoms with Crippen molar-refractivity contribution in [1.29, 1.82) is 0 Å². The smallest absolute Gasteiger partial charge is 0.264 e. The number of nitrogens with zero attached hydrogens (tertiary/aromatic N) is 1. The minimum absolute atomic E-state index is 0.0644. The van der Waals surface area contributed by atoms with Gasteiger partial charge in [0.15, 0.2) is 5.78 Å². The van der Waals surface area contributed by atoms with Gasteiger partial charge in [-0.3, -0.25) is 9.10 Å². The number of Topliss-reactive ketones (excluding diaryl/α,β-unsaturated/α-hetero) is 1. The summed E-state index contributed by atoms with van der Waals surface area (Å²) in [4.78, 5) is 11.9. The average Bonchev–Trinajstić information content (AvgIpc) is 2.54. The van der Waals surface area contributed by atoms with Crippen LogP contribution in [-0.2, 0) is 16.4 Å². The maximum Gasteiger partial charge on any atom is 0.264 e. The van der Waals surface area contributed by atoms with Crippen LogP contribution in [0.5, 0.6) is 0 Å². The lowest BCUT2D eigenvalue weighted by Gasteiger charge is -2.30. The highest BCUT2D eigenvalue weighted by atomic mass is 32.2. The zero-order valence-corrected chi connectivity index (χ0v) is 13.1. The summed E-state index contributed by atoms with van der Waals surface area (Å²) >= 11 is 0. The SMILES string of the molecule is CC(=O)c1ccc2c(c1)N(S(=O)(=O)c1ccccc1)CCC2. The Balaban J connectivity index is 2.12.